The maximum atomic E-state index is 12.0. The number of aromatic nitrogens is 1. The average molecular weight is 340 g/mol. The molecule has 1 aliphatic rings. The van der Waals surface area contributed by atoms with Crippen LogP contribution in [0, 0.1) is 5.92 Å². The van der Waals surface area contributed by atoms with E-state index in [1.54, 1.807) is 7.11 Å². The summed E-state index contributed by atoms with van der Waals surface area (Å²) in [6.45, 7) is 0. The molecule has 0 bridgehead atoms. The van der Waals surface area contributed by atoms with E-state index in [0.29, 0.717) is 11.6 Å². The average Bonchev–Trinajstić information content (AvgIpc) is 2.99. The van der Waals surface area contributed by atoms with Crippen molar-refractivity contribution in [3.63, 3.8) is 0 Å². The summed E-state index contributed by atoms with van der Waals surface area (Å²) in [6.07, 6.45) is 0.783. The number of nitrogens with one attached hydrogen (secondary N) is 1. The van der Waals surface area contributed by atoms with Gasteiger partial charge in [0.05, 0.1) is 28.8 Å². The maximum absolute atomic E-state index is 12.0. The highest BCUT2D eigenvalue weighted by Gasteiger charge is 2.29. The molecule has 8 heteroatoms. The van der Waals surface area contributed by atoms with Crippen LogP contribution in [0.15, 0.2) is 18.2 Å². The number of carbonyl (C=O) groups is 1. The summed E-state index contributed by atoms with van der Waals surface area (Å²) in [5.74, 6) is 0.765. The third kappa shape index (κ3) is 3.38. The number of carbonyl (C=O) groups excluding carboxylic acids is 1. The molecule has 2 heterocycles. The molecule has 0 spiro atoms. The topological polar surface area (TPSA) is 85.4 Å². The second kappa shape index (κ2) is 5.85. The molecule has 1 aliphatic heterocycles. The summed E-state index contributed by atoms with van der Waals surface area (Å²) >= 11 is 1.37. The third-order valence-corrected chi connectivity index (χ3v) is 6.41. The van der Waals surface area contributed by atoms with Crippen LogP contribution < -0.4 is 10.1 Å². The van der Waals surface area contributed by atoms with Crippen LogP contribution in [-0.2, 0) is 14.6 Å². The van der Waals surface area contributed by atoms with Crippen LogP contribution in [0.4, 0.5) is 5.13 Å². The summed E-state index contributed by atoms with van der Waals surface area (Å²) in [7, 11) is -1.35. The molecular weight excluding hydrogens is 324 g/mol. The number of thiazole rings is 1. The van der Waals surface area contributed by atoms with Crippen molar-refractivity contribution in [2.45, 2.75) is 12.8 Å². The van der Waals surface area contributed by atoms with E-state index in [0.717, 1.165) is 16.0 Å². The Morgan fingerprint density at radius 1 is 1.50 bits per heavy atom. The normalized spacial score (nSPS) is 20.1. The minimum absolute atomic E-state index is 0.0838. The fourth-order valence-corrected chi connectivity index (χ4v) is 5.32. The largest absolute Gasteiger partial charge is 0.497 e. The van der Waals surface area contributed by atoms with Gasteiger partial charge in [0.1, 0.15) is 5.75 Å². The molecule has 22 heavy (non-hydrogen) atoms. The van der Waals surface area contributed by atoms with Crippen LogP contribution in [-0.4, -0.2) is 37.9 Å². The summed E-state index contributed by atoms with van der Waals surface area (Å²) < 4.78 is 28.9. The Hall–Kier alpha value is -1.67. The molecule has 1 aromatic carbocycles. The highest BCUT2D eigenvalue weighted by Crippen LogP contribution is 2.29. The van der Waals surface area contributed by atoms with Gasteiger partial charge in [-0.2, -0.15) is 0 Å². The summed E-state index contributed by atoms with van der Waals surface area (Å²) in [5.41, 5.74) is 0.796. The lowest BCUT2D eigenvalue weighted by atomic mass is 10.1. The van der Waals surface area contributed by atoms with Crippen molar-refractivity contribution in [1.82, 2.24) is 4.98 Å². The number of ether oxygens (including phenoxy) is 1. The van der Waals surface area contributed by atoms with E-state index in [-0.39, 0.29) is 29.8 Å². The molecule has 0 saturated carbocycles. The van der Waals surface area contributed by atoms with Gasteiger partial charge in [-0.25, -0.2) is 13.4 Å². The predicted molar refractivity (Wildman–Crippen MR) is 86.2 cm³/mol. The first kappa shape index (κ1) is 15.2. The summed E-state index contributed by atoms with van der Waals surface area (Å²) in [6, 6.07) is 5.52. The van der Waals surface area contributed by atoms with E-state index < -0.39 is 9.84 Å². The number of amides is 1. The van der Waals surface area contributed by atoms with Gasteiger partial charge in [-0.1, -0.05) is 11.3 Å². The highest BCUT2D eigenvalue weighted by atomic mass is 32.2. The van der Waals surface area contributed by atoms with Crippen LogP contribution in [0.1, 0.15) is 12.8 Å². The Bertz CT molecular complexity index is 813. The lowest BCUT2D eigenvalue weighted by Gasteiger charge is -2.06. The highest BCUT2D eigenvalue weighted by molar-refractivity contribution is 7.91. The standard InChI is InChI=1S/C14H16N2O4S2/c1-20-10-2-3-11-12(7-10)21-14(15-11)16-13(17)6-9-4-5-22(18,19)8-9/h2-3,7,9H,4-6,8H2,1H3,(H,15,16,17)/t9-/m1/s1. The number of sulfone groups is 1. The van der Waals surface area contributed by atoms with Gasteiger partial charge in [-0.3, -0.25) is 4.79 Å². The SMILES string of the molecule is COc1ccc2nc(NC(=O)C[C@H]3CCS(=O)(=O)C3)sc2c1. The number of hydrogen-bond donors (Lipinski definition) is 1. The molecule has 0 aliphatic carbocycles. The zero-order valence-corrected chi connectivity index (χ0v) is 13.7. The van der Waals surface area contributed by atoms with Gasteiger partial charge in [0.25, 0.3) is 0 Å². The second-order valence-electron chi connectivity index (χ2n) is 5.37. The van der Waals surface area contributed by atoms with Gasteiger partial charge in [0.15, 0.2) is 15.0 Å². The number of benzene rings is 1. The predicted octanol–water partition coefficient (Wildman–Crippen LogP) is 2.07. The van der Waals surface area contributed by atoms with Gasteiger partial charge in [0.2, 0.25) is 5.91 Å². The fourth-order valence-electron chi connectivity index (χ4n) is 2.55. The molecule has 118 valence electrons. The fraction of sp³-hybridized carbons (Fsp3) is 0.429. The van der Waals surface area contributed by atoms with Crippen LogP contribution in [0.25, 0.3) is 10.2 Å². The molecule has 1 aromatic heterocycles. The van der Waals surface area contributed by atoms with Crippen molar-refractivity contribution < 1.29 is 17.9 Å². The van der Waals surface area contributed by atoms with E-state index >= 15 is 0 Å². The van der Waals surface area contributed by atoms with E-state index in [1.807, 2.05) is 18.2 Å². The molecule has 6 nitrogen and oxygen atoms in total. The lowest BCUT2D eigenvalue weighted by molar-refractivity contribution is -0.116. The number of rotatable bonds is 4. The van der Waals surface area contributed by atoms with Gasteiger partial charge >= 0.3 is 0 Å². The second-order valence-corrected chi connectivity index (χ2v) is 8.63. The Morgan fingerprint density at radius 3 is 3.00 bits per heavy atom. The molecule has 1 amide bonds. The van der Waals surface area contributed by atoms with Crippen molar-refractivity contribution in [2.75, 3.05) is 23.9 Å². The first-order chi connectivity index (χ1) is 10.4. The maximum Gasteiger partial charge on any atom is 0.226 e. The minimum atomic E-state index is -2.95. The van der Waals surface area contributed by atoms with Crippen molar-refractivity contribution in [3.05, 3.63) is 18.2 Å². The van der Waals surface area contributed by atoms with Gasteiger partial charge < -0.3 is 10.1 Å². The molecule has 0 unspecified atom stereocenters. The molecular formula is C14H16N2O4S2. The zero-order valence-electron chi connectivity index (χ0n) is 12.0. The van der Waals surface area contributed by atoms with Gasteiger partial charge in [-0.05, 0) is 30.5 Å². The van der Waals surface area contributed by atoms with Crippen molar-refractivity contribution >= 4 is 42.4 Å². The molecule has 1 fully saturated rings. The molecule has 1 saturated heterocycles. The summed E-state index contributed by atoms with van der Waals surface area (Å²) in [5, 5.41) is 3.28. The van der Waals surface area contributed by atoms with Crippen molar-refractivity contribution in [1.29, 1.82) is 0 Å². The van der Waals surface area contributed by atoms with Crippen molar-refractivity contribution in [3.8, 4) is 5.75 Å². The van der Waals surface area contributed by atoms with Crippen LogP contribution in [0.2, 0.25) is 0 Å². The number of fused-ring (bicyclic) bond motifs is 1. The van der Waals surface area contributed by atoms with Gasteiger partial charge in [-0.15, -0.1) is 0 Å². The molecule has 2 aromatic rings. The van der Waals surface area contributed by atoms with E-state index in [9.17, 15) is 13.2 Å². The Labute approximate surface area is 132 Å². The summed E-state index contributed by atoms with van der Waals surface area (Å²) in [4.78, 5) is 16.4. The quantitative estimate of drug-likeness (QED) is 0.921. The Kier molecular flexibility index (Phi) is 4.05. The molecule has 0 radical (unpaired) electrons. The minimum Gasteiger partial charge on any atom is -0.497 e. The van der Waals surface area contributed by atoms with Gasteiger partial charge in [0, 0.05) is 6.42 Å². The van der Waals surface area contributed by atoms with E-state index in [4.69, 9.17) is 4.74 Å². The van der Waals surface area contributed by atoms with E-state index in [2.05, 4.69) is 10.3 Å². The lowest BCUT2D eigenvalue weighted by Crippen LogP contribution is -2.17. The van der Waals surface area contributed by atoms with Crippen LogP contribution >= 0.6 is 11.3 Å². The number of nitrogens with zero attached hydrogens (tertiary/aromatic N) is 1. The number of methoxy groups -OCH3 is 1. The first-order valence-electron chi connectivity index (χ1n) is 6.90. The Balaban J connectivity index is 1.66. The van der Waals surface area contributed by atoms with Crippen LogP contribution in [0.3, 0.4) is 0 Å². The zero-order chi connectivity index (χ0) is 15.7. The monoisotopic (exact) mass is 340 g/mol. The van der Waals surface area contributed by atoms with E-state index in [1.165, 1.54) is 11.3 Å². The first-order valence-corrected chi connectivity index (χ1v) is 9.54. The molecule has 1 atom stereocenters. The number of anilines is 1. The third-order valence-electron chi connectivity index (χ3n) is 3.64. The number of hydrogen-bond acceptors (Lipinski definition) is 6. The molecule has 3 rings (SSSR count). The van der Waals surface area contributed by atoms with Crippen molar-refractivity contribution in [2.24, 2.45) is 5.92 Å². The Morgan fingerprint density at radius 2 is 2.32 bits per heavy atom. The smallest absolute Gasteiger partial charge is 0.226 e. The molecule has 1 N–H and O–H groups in total. The van der Waals surface area contributed by atoms with Crippen LogP contribution in [0.5, 0.6) is 5.75 Å².